The number of methoxy groups -OCH3 is 2. The molecule has 0 N–H and O–H groups in total. The summed E-state index contributed by atoms with van der Waals surface area (Å²) in [7, 11) is 0.573. The molecule has 0 heterocycles. The summed E-state index contributed by atoms with van der Waals surface area (Å²) in [4.78, 5) is 38.7. The number of hydrogen-bond acceptors (Lipinski definition) is 7. The van der Waals surface area contributed by atoms with Crippen LogP contribution in [0.1, 0.15) is 59.8 Å². The molecule has 0 saturated heterocycles. The molecular weight excluding hydrogens is 500 g/mol. The second kappa shape index (κ2) is 9.77. The second-order valence-electron chi connectivity index (χ2n) is 13.0. The molecule has 8 heteroatoms. The molecular formula is C30H44O7Si. The smallest absolute Gasteiger partial charge is 0.334 e. The molecule has 0 bridgehead atoms. The molecule has 4 aliphatic rings. The Bertz CT molecular complexity index is 1100. The van der Waals surface area contributed by atoms with Crippen molar-refractivity contribution in [3.05, 3.63) is 35.5 Å². The summed E-state index contributed by atoms with van der Waals surface area (Å²) in [6, 6.07) is 0. The van der Waals surface area contributed by atoms with Crippen LogP contribution in [0.15, 0.2) is 35.5 Å². The van der Waals surface area contributed by atoms with Gasteiger partial charge in [-0.05, 0) is 61.2 Å². The van der Waals surface area contributed by atoms with Crippen LogP contribution in [0.4, 0.5) is 0 Å². The van der Waals surface area contributed by atoms with E-state index in [1.807, 2.05) is 12.2 Å². The van der Waals surface area contributed by atoms with Crippen LogP contribution in [0, 0.1) is 28.6 Å². The van der Waals surface area contributed by atoms with Crippen LogP contribution in [0.2, 0.25) is 18.1 Å². The van der Waals surface area contributed by atoms with Gasteiger partial charge >= 0.3 is 17.9 Å². The van der Waals surface area contributed by atoms with E-state index in [0.29, 0.717) is 17.8 Å². The van der Waals surface area contributed by atoms with E-state index in [1.165, 1.54) is 21.1 Å². The Kier molecular flexibility index (Phi) is 7.41. The lowest BCUT2D eigenvalue weighted by molar-refractivity contribution is -0.156. The van der Waals surface area contributed by atoms with Gasteiger partial charge in [0, 0.05) is 30.3 Å². The highest BCUT2D eigenvalue weighted by Crippen LogP contribution is 2.77. The highest BCUT2D eigenvalue weighted by molar-refractivity contribution is 6.74. The lowest BCUT2D eigenvalue weighted by atomic mass is 9.61. The van der Waals surface area contributed by atoms with Gasteiger partial charge in [0.2, 0.25) is 0 Å². The van der Waals surface area contributed by atoms with E-state index in [-0.39, 0.29) is 40.6 Å². The van der Waals surface area contributed by atoms with E-state index >= 15 is 0 Å². The zero-order valence-electron chi connectivity index (χ0n) is 24.3. The van der Waals surface area contributed by atoms with Crippen LogP contribution < -0.4 is 0 Å². The molecule has 0 aromatic rings. The van der Waals surface area contributed by atoms with Crippen molar-refractivity contribution in [2.75, 3.05) is 20.8 Å². The van der Waals surface area contributed by atoms with E-state index in [2.05, 4.69) is 40.4 Å². The third-order valence-electron chi connectivity index (χ3n) is 10.6. The molecule has 3 saturated carbocycles. The molecule has 6 atom stereocenters. The third kappa shape index (κ3) is 3.96. The van der Waals surface area contributed by atoms with Gasteiger partial charge in [-0.3, -0.25) is 4.79 Å². The summed E-state index contributed by atoms with van der Waals surface area (Å²) in [5, 5.41) is 0.0504. The summed E-state index contributed by atoms with van der Waals surface area (Å²) in [6.45, 7) is 17.5. The number of carbonyl (C=O) groups is 3. The standard InChI is InChI=1S/C30H44O7Si/c1-10-19-16-22-23-20(12-13-21(26(32)34-6)24(23)27(33)35-7)25(37-18(2)31)30(22)15-11-14-29(19,30)17-36-38(8,9)28(3,4)5/h10,12,19,22-23,25H,1,11,13-17H2,2-9H3/t19-,22-,23?,25-,29-,30?/m0/s1. The topological polar surface area (TPSA) is 88.1 Å². The molecule has 1 spiro atoms. The first-order chi connectivity index (χ1) is 17.7. The largest absolute Gasteiger partial charge is 0.466 e. The fourth-order valence-electron chi connectivity index (χ4n) is 7.98. The lowest BCUT2D eigenvalue weighted by Crippen LogP contribution is -2.52. The summed E-state index contributed by atoms with van der Waals surface area (Å²) in [5.41, 5.74) is 0.877. The highest BCUT2D eigenvalue weighted by atomic mass is 28.4. The number of fused-ring (bicyclic) bond motifs is 2. The molecule has 0 radical (unpaired) electrons. The molecule has 38 heavy (non-hydrogen) atoms. The Hall–Kier alpha value is -2.19. The molecule has 0 aromatic heterocycles. The Labute approximate surface area is 228 Å². The fraction of sp³-hybridized carbons (Fsp3) is 0.700. The lowest BCUT2D eigenvalue weighted by Gasteiger charge is -2.48. The number of hydrogen-bond donors (Lipinski definition) is 0. The maximum atomic E-state index is 13.3. The fourth-order valence-corrected chi connectivity index (χ4v) is 9.03. The summed E-state index contributed by atoms with van der Waals surface area (Å²) in [5.74, 6) is -1.68. The average Bonchev–Trinajstić information content (AvgIpc) is 3.44. The summed E-state index contributed by atoms with van der Waals surface area (Å²) in [6.07, 6.45) is 7.32. The Morgan fingerprint density at radius 1 is 1.13 bits per heavy atom. The van der Waals surface area contributed by atoms with Crippen molar-refractivity contribution in [3.63, 3.8) is 0 Å². The maximum Gasteiger partial charge on any atom is 0.334 e. The number of allylic oxidation sites excluding steroid dienone is 2. The normalized spacial score (nSPS) is 34.2. The molecule has 0 amide bonds. The van der Waals surface area contributed by atoms with Crippen molar-refractivity contribution in [1.29, 1.82) is 0 Å². The van der Waals surface area contributed by atoms with Crippen molar-refractivity contribution >= 4 is 26.2 Å². The molecule has 7 nitrogen and oxygen atoms in total. The van der Waals surface area contributed by atoms with Crippen molar-refractivity contribution in [2.45, 2.75) is 84.0 Å². The highest BCUT2D eigenvalue weighted by Gasteiger charge is 2.76. The van der Waals surface area contributed by atoms with E-state index in [9.17, 15) is 14.4 Å². The van der Waals surface area contributed by atoms with E-state index < -0.39 is 31.8 Å². The van der Waals surface area contributed by atoms with Crippen LogP contribution in [-0.4, -0.2) is 53.2 Å². The van der Waals surface area contributed by atoms with Crippen molar-refractivity contribution in [2.24, 2.45) is 28.6 Å². The molecule has 4 aliphatic carbocycles. The first-order valence-corrected chi connectivity index (χ1v) is 16.7. The van der Waals surface area contributed by atoms with Crippen LogP contribution in [0.5, 0.6) is 0 Å². The predicted molar refractivity (Wildman–Crippen MR) is 146 cm³/mol. The predicted octanol–water partition coefficient (Wildman–Crippen LogP) is 5.52. The van der Waals surface area contributed by atoms with Gasteiger partial charge in [0.15, 0.2) is 8.32 Å². The zero-order valence-corrected chi connectivity index (χ0v) is 25.3. The SMILES string of the molecule is C=C[C@H]1C[C@H]2C3C(=CCC(C(=O)OC)=C3C(=O)OC)[C@H](OC(C)=O)C23CCC[C@]13CO[Si](C)(C)C(C)(C)C. The van der Waals surface area contributed by atoms with Gasteiger partial charge in [0.1, 0.15) is 6.10 Å². The van der Waals surface area contributed by atoms with Gasteiger partial charge in [0.05, 0.1) is 25.4 Å². The monoisotopic (exact) mass is 544 g/mol. The minimum atomic E-state index is -2.09. The Morgan fingerprint density at radius 3 is 2.34 bits per heavy atom. The van der Waals surface area contributed by atoms with Gasteiger partial charge in [-0.2, -0.15) is 0 Å². The molecule has 2 unspecified atom stereocenters. The first-order valence-electron chi connectivity index (χ1n) is 13.8. The number of ether oxygens (including phenoxy) is 3. The average molecular weight is 545 g/mol. The van der Waals surface area contributed by atoms with Crippen molar-refractivity contribution in [3.8, 4) is 0 Å². The molecule has 0 aliphatic heterocycles. The summed E-state index contributed by atoms with van der Waals surface area (Å²) >= 11 is 0. The number of rotatable bonds is 7. The van der Waals surface area contributed by atoms with Crippen LogP contribution in [-0.2, 0) is 33.0 Å². The Balaban J connectivity index is 1.91. The van der Waals surface area contributed by atoms with Crippen LogP contribution in [0.3, 0.4) is 0 Å². The maximum absolute atomic E-state index is 13.3. The number of carbonyl (C=O) groups excluding carboxylic acids is 3. The van der Waals surface area contributed by atoms with Gasteiger partial charge in [-0.1, -0.05) is 39.3 Å². The molecule has 3 fully saturated rings. The van der Waals surface area contributed by atoms with Gasteiger partial charge in [-0.25, -0.2) is 9.59 Å². The number of esters is 3. The van der Waals surface area contributed by atoms with E-state index in [4.69, 9.17) is 18.6 Å². The van der Waals surface area contributed by atoms with Gasteiger partial charge < -0.3 is 18.6 Å². The molecule has 4 rings (SSSR count). The molecule has 0 aromatic carbocycles. The minimum absolute atomic E-state index is 0.0272. The van der Waals surface area contributed by atoms with Gasteiger partial charge in [-0.15, -0.1) is 6.58 Å². The van der Waals surface area contributed by atoms with E-state index in [1.54, 1.807) is 0 Å². The second-order valence-corrected chi connectivity index (χ2v) is 17.8. The quantitative estimate of drug-likeness (QED) is 0.180. The minimum Gasteiger partial charge on any atom is -0.466 e. The van der Waals surface area contributed by atoms with Crippen molar-refractivity contribution < 1.29 is 33.0 Å². The third-order valence-corrected chi connectivity index (χ3v) is 15.1. The Morgan fingerprint density at radius 2 is 1.79 bits per heavy atom. The van der Waals surface area contributed by atoms with E-state index in [0.717, 1.165) is 31.3 Å². The van der Waals surface area contributed by atoms with Gasteiger partial charge in [0.25, 0.3) is 0 Å². The van der Waals surface area contributed by atoms with Crippen LogP contribution >= 0.6 is 0 Å². The van der Waals surface area contributed by atoms with Crippen molar-refractivity contribution in [1.82, 2.24) is 0 Å². The molecule has 210 valence electrons. The van der Waals surface area contributed by atoms with Crippen LogP contribution in [0.25, 0.3) is 0 Å². The first kappa shape index (κ1) is 28.8. The zero-order chi connectivity index (χ0) is 28.3. The summed E-state index contributed by atoms with van der Waals surface area (Å²) < 4.78 is 23.5.